The van der Waals surface area contributed by atoms with Crippen LogP contribution in [-0.4, -0.2) is 17.6 Å². The van der Waals surface area contributed by atoms with E-state index in [4.69, 9.17) is 5.73 Å². The number of aryl methyl sites for hydroxylation is 1. The first-order chi connectivity index (χ1) is 7.95. The van der Waals surface area contributed by atoms with Crippen LogP contribution in [0, 0.1) is 18.8 Å². The van der Waals surface area contributed by atoms with Crippen molar-refractivity contribution in [3.05, 3.63) is 23.8 Å². The van der Waals surface area contributed by atoms with Crippen molar-refractivity contribution >= 4 is 11.6 Å². The van der Waals surface area contributed by atoms with E-state index in [1.54, 1.807) is 25.1 Å². The highest BCUT2D eigenvalue weighted by Crippen LogP contribution is 2.21. The van der Waals surface area contributed by atoms with Gasteiger partial charge in [-0.05, 0) is 36.6 Å². The third-order valence-electron chi connectivity index (χ3n) is 2.86. The third-order valence-corrected chi connectivity index (χ3v) is 2.86. The monoisotopic (exact) mass is 236 g/mol. The maximum atomic E-state index is 11.9. The number of phenolic OH excluding ortho intramolecular Hbond substituents is 1. The second-order valence-corrected chi connectivity index (χ2v) is 4.58. The topological polar surface area (TPSA) is 75.4 Å². The van der Waals surface area contributed by atoms with E-state index in [9.17, 15) is 9.90 Å². The van der Waals surface area contributed by atoms with Gasteiger partial charge in [0.1, 0.15) is 5.75 Å². The van der Waals surface area contributed by atoms with Crippen LogP contribution in [0.5, 0.6) is 5.75 Å². The summed E-state index contributed by atoms with van der Waals surface area (Å²) in [5.74, 6) is 0.164. The number of carbonyl (C=O) groups excluding carboxylic acids is 1. The molecule has 1 atom stereocenters. The average molecular weight is 236 g/mol. The summed E-state index contributed by atoms with van der Waals surface area (Å²) in [6, 6.07) is 4.98. The molecule has 1 aromatic rings. The molecule has 4 nitrogen and oxygen atoms in total. The lowest BCUT2D eigenvalue weighted by molar-refractivity contribution is -0.120. The highest BCUT2D eigenvalue weighted by molar-refractivity contribution is 5.93. The van der Waals surface area contributed by atoms with Crippen molar-refractivity contribution in [2.24, 2.45) is 17.6 Å². The first-order valence-corrected chi connectivity index (χ1v) is 5.76. The highest BCUT2D eigenvalue weighted by Gasteiger charge is 2.20. The normalized spacial score (nSPS) is 12.5. The van der Waals surface area contributed by atoms with Crippen LogP contribution in [0.1, 0.15) is 19.4 Å². The minimum atomic E-state index is -0.191. The van der Waals surface area contributed by atoms with Crippen molar-refractivity contribution in [2.75, 3.05) is 11.9 Å². The summed E-state index contributed by atoms with van der Waals surface area (Å²) in [6.07, 6.45) is 0. The van der Waals surface area contributed by atoms with Crippen LogP contribution in [0.4, 0.5) is 5.69 Å². The molecule has 4 N–H and O–H groups in total. The Morgan fingerprint density at radius 2 is 2.12 bits per heavy atom. The zero-order chi connectivity index (χ0) is 13.0. The smallest absolute Gasteiger partial charge is 0.229 e. The number of phenols is 1. The first-order valence-electron chi connectivity index (χ1n) is 5.76. The molecule has 0 saturated carbocycles. The molecule has 1 aromatic carbocycles. The van der Waals surface area contributed by atoms with Crippen LogP contribution in [-0.2, 0) is 4.79 Å². The lowest BCUT2D eigenvalue weighted by Gasteiger charge is -2.18. The number of carbonyl (C=O) groups is 1. The van der Waals surface area contributed by atoms with E-state index >= 15 is 0 Å². The lowest BCUT2D eigenvalue weighted by Crippen LogP contribution is -2.33. The summed E-state index contributed by atoms with van der Waals surface area (Å²) in [6.45, 7) is 6.06. The van der Waals surface area contributed by atoms with Gasteiger partial charge in [-0.2, -0.15) is 0 Å². The number of hydrogen-bond acceptors (Lipinski definition) is 3. The molecule has 4 heteroatoms. The molecule has 0 fully saturated rings. The summed E-state index contributed by atoms with van der Waals surface area (Å²) in [5.41, 5.74) is 7.00. The molecular weight excluding hydrogens is 216 g/mol. The molecule has 0 heterocycles. The Balaban J connectivity index is 2.77. The fourth-order valence-corrected chi connectivity index (χ4v) is 1.65. The summed E-state index contributed by atoms with van der Waals surface area (Å²) in [5, 5.41) is 12.2. The van der Waals surface area contributed by atoms with Gasteiger partial charge in [-0.15, -0.1) is 0 Å². The van der Waals surface area contributed by atoms with Gasteiger partial charge in [0.15, 0.2) is 0 Å². The molecule has 0 aliphatic carbocycles. The van der Waals surface area contributed by atoms with Crippen molar-refractivity contribution in [1.82, 2.24) is 0 Å². The predicted molar refractivity (Wildman–Crippen MR) is 68.9 cm³/mol. The van der Waals surface area contributed by atoms with E-state index in [0.29, 0.717) is 12.2 Å². The second-order valence-electron chi connectivity index (χ2n) is 4.58. The van der Waals surface area contributed by atoms with Gasteiger partial charge in [0.25, 0.3) is 0 Å². The molecule has 1 unspecified atom stereocenters. The second kappa shape index (κ2) is 5.68. The summed E-state index contributed by atoms with van der Waals surface area (Å²) < 4.78 is 0. The van der Waals surface area contributed by atoms with Gasteiger partial charge in [-0.25, -0.2) is 0 Å². The summed E-state index contributed by atoms with van der Waals surface area (Å²) in [4.78, 5) is 11.9. The molecule has 1 amide bonds. The van der Waals surface area contributed by atoms with Crippen molar-refractivity contribution in [3.63, 3.8) is 0 Å². The number of aromatic hydroxyl groups is 1. The Labute approximate surface area is 102 Å². The standard InChI is InChI=1S/C13H20N2O2/c1-8(2)11(7-14)13(17)15-10-4-5-12(16)9(3)6-10/h4-6,8,11,16H,7,14H2,1-3H3,(H,15,17). The summed E-state index contributed by atoms with van der Waals surface area (Å²) >= 11 is 0. The molecule has 94 valence electrons. The van der Waals surface area contributed by atoms with Gasteiger partial charge >= 0.3 is 0 Å². The minimum Gasteiger partial charge on any atom is -0.508 e. The van der Waals surface area contributed by atoms with Crippen molar-refractivity contribution in [2.45, 2.75) is 20.8 Å². The Bertz CT molecular complexity index is 402. The molecule has 0 aromatic heterocycles. The molecule has 0 saturated heterocycles. The van der Waals surface area contributed by atoms with Gasteiger partial charge in [0.2, 0.25) is 5.91 Å². The average Bonchev–Trinajstić information content (AvgIpc) is 2.24. The van der Waals surface area contributed by atoms with Crippen LogP contribution in [0.3, 0.4) is 0 Å². The van der Waals surface area contributed by atoms with Crippen LogP contribution in [0.2, 0.25) is 0 Å². The Morgan fingerprint density at radius 1 is 1.47 bits per heavy atom. The van der Waals surface area contributed by atoms with Crippen LogP contribution in [0.25, 0.3) is 0 Å². The SMILES string of the molecule is Cc1cc(NC(=O)C(CN)C(C)C)ccc1O. The van der Waals surface area contributed by atoms with E-state index in [1.165, 1.54) is 0 Å². The fraction of sp³-hybridized carbons (Fsp3) is 0.462. The minimum absolute atomic E-state index is 0.0763. The van der Waals surface area contributed by atoms with E-state index in [0.717, 1.165) is 5.56 Å². The number of nitrogens with two attached hydrogens (primary N) is 1. The van der Waals surface area contributed by atoms with E-state index in [-0.39, 0.29) is 23.5 Å². The van der Waals surface area contributed by atoms with Gasteiger partial charge in [0, 0.05) is 12.2 Å². The maximum Gasteiger partial charge on any atom is 0.229 e. The maximum absolute atomic E-state index is 11.9. The predicted octanol–water partition coefficient (Wildman–Crippen LogP) is 1.87. The number of benzene rings is 1. The number of anilines is 1. The van der Waals surface area contributed by atoms with Crippen LogP contribution < -0.4 is 11.1 Å². The van der Waals surface area contributed by atoms with Crippen LogP contribution in [0.15, 0.2) is 18.2 Å². The number of amides is 1. The molecule has 0 bridgehead atoms. The number of hydrogen-bond donors (Lipinski definition) is 3. The van der Waals surface area contributed by atoms with Crippen molar-refractivity contribution < 1.29 is 9.90 Å². The number of rotatable bonds is 4. The molecule has 0 aliphatic rings. The van der Waals surface area contributed by atoms with Gasteiger partial charge in [-0.3, -0.25) is 4.79 Å². The summed E-state index contributed by atoms with van der Waals surface area (Å²) in [7, 11) is 0. The fourth-order valence-electron chi connectivity index (χ4n) is 1.65. The number of nitrogens with one attached hydrogen (secondary N) is 1. The largest absolute Gasteiger partial charge is 0.508 e. The molecular formula is C13H20N2O2. The van der Waals surface area contributed by atoms with Gasteiger partial charge in [-0.1, -0.05) is 13.8 Å². The van der Waals surface area contributed by atoms with Gasteiger partial charge in [0.05, 0.1) is 5.92 Å². The van der Waals surface area contributed by atoms with E-state index in [1.807, 2.05) is 13.8 Å². The molecule has 0 radical (unpaired) electrons. The Hall–Kier alpha value is -1.55. The van der Waals surface area contributed by atoms with Gasteiger partial charge < -0.3 is 16.2 Å². The Kier molecular flexibility index (Phi) is 4.52. The molecule has 1 rings (SSSR count). The first kappa shape index (κ1) is 13.5. The Morgan fingerprint density at radius 3 is 2.59 bits per heavy atom. The van der Waals surface area contributed by atoms with Crippen LogP contribution >= 0.6 is 0 Å². The lowest BCUT2D eigenvalue weighted by atomic mass is 9.95. The zero-order valence-electron chi connectivity index (χ0n) is 10.5. The molecule has 0 spiro atoms. The zero-order valence-corrected chi connectivity index (χ0v) is 10.5. The molecule has 0 aliphatic heterocycles. The quantitative estimate of drug-likeness (QED) is 0.698. The molecule has 17 heavy (non-hydrogen) atoms. The van der Waals surface area contributed by atoms with E-state index < -0.39 is 0 Å². The van der Waals surface area contributed by atoms with Crippen molar-refractivity contribution in [1.29, 1.82) is 0 Å². The highest BCUT2D eigenvalue weighted by atomic mass is 16.3. The van der Waals surface area contributed by atoms with Crippen molar-refractivity contribution in [3.8, 4) is 5.75 Å². The van der Waals surface area contributed by atoms with E-state index in [2.05, 4.69) is 5.32 Å². The third kappa shape index (κ3) is 3.46.